The van der Waals surface area contributed by atoms with E-state index >= 15 is 0 Å². The molecule has 2 aliphatic heterocycles. The number of aliphatic carboxylic acids is 2. The summed E-state index contributed by atoms with van der Waals surface area (Å²) in [6, 6.07) is 7.36. The normalized spacial score (nSPS) is 20.7. The SMILES string of the molecule is CCCCC(C(=O)O)C1(C)/C(=C/C=C/C=C/C=C/C2=[N+](CCCS(=O)(=O)[O-])c3cc(I)cc(I)c3C2(C)CCCCCC(=O)O)N(CS(=O)(=O)O)c2ccc(S(=O)(=O)[O-])cc21. The summed E-state index contributed by atoms with van der Waals surface area (Å²) in [6.07, 6.45) is 15.7. The second kappa shape index (κ2) is 20.7. The molecule has 20 heteroatoms. The van der Waals surface area contributed by atoms with Crippen LogP contribution in [0.3, 0.4) is 0 Å². The molecular weight excluding hydrogens is 1080 g/mol. The zero-order valence-electron chi connectivity index (χ0n) is 33.8. The van der Waals surface area contributed by atoms with E-state index in [1.54, 1.807) is 37.3 Å². The van der Waals surface area contributed by atoms with E-state index in [1.165, 1.54) is 17.0 Å². The largest absolute Gasteiger partial charge is 0.748 e. The third kappa shape index (κ3) is 12.6. The van der Waals surface area contributed by atoms with Gasteiger partial charge in [-0.25, -0.2) is 16.8 Å². The molecule has 15 nitrogen and oxygen atoms in total. The molecule has 61 heavy (non-hydrogen) atoms. The third-order valence-corrected chi connectivity index (χ3v) is 14.8. The second-order valence-electron chi connectivity index (χ2n) is 15.4. The molecule has 3 N–H and O–H groups in total. The number of rotatable bonds is 22. The van der Waals surface area contributed by atoms with Gasteiger partial charge in [0.15, 0.2) is 11.6 Å². The summed E-state index contributed by atoms with van der Waals surface area (Å²) in [5.74, 6) is -4.81. The van der Waals surface area contributed by atoms with Crippen LogP contribution in [0.2, 0.25) is 0 Å². The average Bonchev–Trinajstić information content (AvgIpc) is 3.49. The van der Waals surface area contributed by atoms with Crippen LogP contribution in [0.15, 0.2) is 83.5 Å². The molecule has 0 amide bonds. The minimum atomic E-state index is -4.99. The molecule has 0 spiro atoms. The Morgan fingerprint density at radius 1 is 0.902 bits per heavy atom. The average molecular weight is 1130 g/mol. The van der Waals surface area contributed by atoms with Crippen LogP contribution in [0.4, 0.5) is 11.4 Å². The number of anilines is 1. The first-order valence-corrected chi connectivity index (χ1v) is 26.2. The van der Waals surface area contributed by atoms with Gasteiger partial charge in [0.25, 0.3) is 10.1 Å². The van der Waals surface area contributed by atoms with E-state index in [0.717, 1.165) is 36.2 Å². The highest BCUT2D eigenvalue weighted by Crippen LogP contribution is 2.54. The lowest BCUT2D eigenvalue weighted by molar-refractivity contribution is -0.437. The lowest BCUT2D eigenvalue weighted by atomic mass is 9.69. The van der Waals surface area contributed by atoms with Crippen molar-refractivity contribution in [3.63, 3.8) is 0 Å². The fourth-order valence-corrected chi connectivity index (χ4v) is 12.3. The number of carbonyl (C=O) groups is 2. The molecule has 2 aliphatic rings. The van der Waals surface area contributed by atoms with Gasteiger partial charge in [-0.1, -0.05) is 63.0 Å². The number of nitrogens with zero attached hydrogens (tertiary/aromatic N) is 2. The minimum Gasteiger partial charge on any atom is -0.748 e. The predicted octanol–water partition coefficient (Wildman–Crippen LogP) is 7.19. The summed E-state index contributed by atoms with van der Waals surface area (Å²) in [5, 5.41) is 19.6. The van der Waals surface area contributed by atoms with Crippen LogP contribution in [-0.4, -0.2) is 89.5 Å². The van der Waals surface area contributed by atoms with Gasteiger partial charge >= 0.3 is 11.9 Å². The summed E-state index contributed by atoms with van der Waals surface area (Å²) in [5.41, 5.74) is 1.03. The lowest BCUT2D eigenvalue weighted by Gasteiger charge is -2.35. The summed E-state index contributed by atoms with van der Waals surface area (Å²) in [6.45, 7) is 5.75. The molecule has 0 radical (unpaired) electrons. The molecule has 0 saturated carbocycles. The summed E-state index contributed by atoms with van der Waals surface area (Å²) < 4.78 is 110. The molecule has 0 aromatic heterocycles. The van der Waals surface area contributed by atoms with Crippen molar-refractivity contribution < 1.29 is 63.3 Å². The molecule has 0 saturated heterocycles. The number of halogens is 2. The molecule has 2 aromatic rings. The lowest BCUT2D eigenvalue weighted by Crippen LogP contribution is -2.41. The Morgan fingerprint density at radius 3 is 2.18 bits per heavy atom. The molecular formula is C41H49I2N2O13S3-. The number of allylic oxidation sites excluding steroid dienone is 8. The third-order valence-electron chi connectivity index (χ3n) is 11.1. The minimum absolute atomic E-state index is 0.0563. The van der Waals surface area contributed by atoms with Crippen LogP contribution in [-0.2, 0) is 50.8 Å². The van der Waals surface area contributed by atoms with E-state index in [4.69, 9.17) is 5.11 Å². The first-order chi connectivity index (χ1) is 28.3. The fraction of sp³-hybridized carbons (Fsp3) is 0.439. The van der Waals surface area contributed by atoms with E-state index in [2.05, 4.69) is 52.1 Å². The van der Waals surface area contributed by atoms with E-state index in [9.17, 15) is 53.6 Å². The van der Waals surface area contributed by atoms with Crippen LogP contribution in [0, 0.1) is 13.1 Å². The fourth-order valence-electron chi connectivity index (χ4n) is 8.33. The number of carboxylic acids is 2. The van der Waals surface area contributed by atoms with Crippen molar-refractivity contribution in [1.82, 2.24) is 0 Å². The highest BCUT2D eigenvalue weighted by Gasteiger charge is 2.52. The number of fused-ring (bicyclic) bond motifs is 2. The summed E-state index contributed by atoms with van der Waals surface area (Å²) in [7, 11) is -14.2. The first-order valence-electron chi connectivity index (χ1n) is 19.4. The van der Waals surface area contributed by atoms with E-state index in [0.29, 0.717) is 38.5 Å². The van der Waals surface area contributed by atoms with Crippen molar-refractivity contribution in [1.29, 1.82) is 0 Å². The van der Waals surface area contributed by atoms with Crippen molar-refractivity contribution in [2.24, 2.45) is 5.92 Å². The van der Waals surface area contributed by atoms with Crippen molar-refractivity contribution in [3.05, 3.63) is 96.8 Å². The van der Waals surface area contributed by atoms with Gasteiger partial charge in [0.1, 0.15) is 16.7 Å². The number of hydrogen-bond donors (Lipinski definition) is 3. The highest BCUT2D eigenvalue weighted by molar-refractivity contribution is 14.1. The molecule has 334 valence electrons. The number of carboxylic acid groups (broad SMARTS) is 2. The Hall–Kier alpha value is -3.00. The topological polar surface area (TPSA) is 250 Å². The van der Waals surface area contributed by atoms with Crippen LogP contribution < -0.4 is 4.90 Å². The number of hydrogen-bond acceptors (Lipinski definition) is 11. The van der Waals surface area contributed by atoms with Gasteiger partial charge < -0.3 is 24.2 Å². The molecule has 3 atom stereocenters. The molecule has 0 fully saturated rings. The molecule has 3 unspecified atom stereocenters. The van der Waals surface area contributed by atoms with Gasteiger partial charge in [-0.05, 0) is 114 Å². The van der Waals surface area contributed by atoms with Crippen LogP contribution in [0.1, 0.15) is 89.7 Å². The summed E-state index contributed by atoms with van der Waals surface area (Å²) >= 11 is 4.50. The first kappa shape index (κ1) is 50.6. The van der Waals surface area contributed by atoms with Crippen molar-refractivity contribution in [3.8, 4) is 0 Å². The Balaban J connectivity index is 1.78. The smallest absolute Gasteiger partial charge is 0.307 e. The molecule has 0 aliphatic carbocycles. The van der Waals surface area contributed by atoms with Gasteiger partial charge in [0.2, 0.25) is 5.69 Å². The maximum Gasteiger partial charge on any atom is 0.307 e. The van der Waals surface area contributed by atoms with Crippen LogP contribution in [0.25, 0.3) is 0 Å². The number of benzene rings is 2. The van der Waals surface area contributed by atoms with Crippen LogP contribution >= 0.6 is 45.2 Å². The zero-order chi connectivity index (χ0) is 45.6. The molecule has 2 aromatic carbocycles. The van der Waals surface area contributed by atoms with E-state index in [1.807, 2.05) is 29.7 Å². The summed E-state index contributed by atoms with van der Waals surface area (Å²) in [4.78, 5) is 24.6. The van der Waals surface area contributed by atoms with E-state index in [-0.39, 0.29) is 42.8 Å². The second-order valence-corrected chi connectivity index (χ2v) is 22.1. The van der Waals surface area contributed by atoms with Crippen molar-refractivity contribution >= 4 is 105 Å². The van der Waals surface area contributed by atoms with E-state index < -0.39 is 75.6 Å². The van der Waals surface area contributed by atoms with Gasteiger partial charge in [0, 0.05) is 54.7 Å². The zero-order valence-corrected chi connectivity index (χ0v) is 40.6. The Kier molecular flexibility index (Phi) is 17.2. The van der Waals surface area contributed by atoms with Crippen molar-refractivity contribution in [2.45, 2.75) is 94.3 Å². The molecule has 4 rings (SSSR count). The Morgan fingerprint density at radius 2 is 1.57 bits per heavy atom. The maximum absolute atomic E-state index is 12.9. The van der Waals surface area contributed by atoms with Gasteiger partial charge in [-0.2, -0.15) is 13.0 Å². The molecule has 2 heterocycles. The molecule has 0 bridgehead atoms. The maximum atomic E-state index is 12.9. The van der Waals surface area contributed by atoms with Gasteiger partial charge in [0.05, 0.1) is 31.9 Å². The van der Waals surface area contributed by atoms with Gasteiger partial charge in [-0.15, -0.1) is 0 Å². The van der Waals surface area contributed by atoms with Crippen molar-refractivity contribution in [2.75, 3.05) is 23.1 Å². The Labute approximate surface area is 384 Å². The van der Waals surface area contributed by atoms with Gasteiger partial charge in [-0.3, -0.25) is 14.1 Å². The Bertz CT molecular complexity index is 2520. The number of unbranched alkanes of at least 4 members (excludes halogenated alkanes) is 3. The monoisotopic (exact) mass is 1130 g/mol. The predicted molar refractivity (Wildman–Crippen MR) is 246 cm³/mol. The quantitative estimate of drug-likeness (QED) is 0.0347. The highest BCUT2D eigenvalue weighted by atomic mass is 127. The van der Waals surface area contributed by atoms with Crippen LogP contribution in [0.5, 0.6) is 0 Å². The standard InChI is InChI=1S/C41H50I2N2O13S3/c1-4-5-15-30(39(48)49)41(3)31-26-29(61(56,57)58)19-20-33(31)45(27-60(53,54)55)36(41)17-11-8-6-7-10-16-35-40(2,21-13-9-12-18-37(46)47)38-32(43)24-28(42)25-34(38)44(35)22-14-23-59(50,51)52/h6-8,10-11,16-17,19-20,24-26,30H,4-5,9,12-15,18,21-23,27H2,1-3H3,(H4-,46,47,48,49,50,51,52,53,54,55,56,57,58)/p-1.